The fraction of sp³-hybridized carbons (Fsp3) is 0.0526. The number of cyclic esters (lactones) is 1. The Morgan fingerprint density at radius 3 is 2.54 bits per heavy atom. The first kappa shape index (κ1) is 14.4. The summed E-state index contributed by atoms with van der Waals surface area (Å²) in [5.41, 5.74) is 0.868. The standard InChI is InChI=1S/C19H13NO4/c21-17-14-9-3-4-10-15(14)19(23,24-17)18(22)20-16-11-5-7-12-6-1-2-8-13(12)16/h1-11,23H,(H,20,22). The lowest BCUT2D eigenvalue weighted by atomic mass is 10.0. The summed E-state index contributed by atoms with van der Waals surface area (Å²) in [7, 11) is 0. The zero-order valence-electron chi connectivity index (χ0n) is 12.5. The summed E-state index contributed by atoms with van der Waals surface area (Å²) in [5.74, 6) is -3.86. The first-order valence-corrected chi connectivity index (χ1v) is 7.44. The van der Waals surface area contributed by atoms with Gasteiger partial charge in [0.15, 0.2) is 0 Å². The van der Waals surface area contributed by atoms with E-state index in [-0.39, 0.29) is 11.1 Å². The van der Waals surface area contributed by atoms with Crippen LogP contribution < -0.4 is 5.32 Å². The lowest BCUT2D eigenvalue weighted by molar-refractivity contribution is -0.180. The number of fused-ring (bicyclic) bond motifs is 2. The summed E-state index contributed by atoms with van der Waals surface area (Å²) in [4.78, 5) is 24.5. The maximum Gasteiger partial charge on any atom is 0.341 e. The highest BCUT2D eigenvalue weighted by molar-refractivity contribution is 6.08. The summed E-state index contributed by atoms with van der Waals surface area (Å²) in [6.07, 6.45) is 0. The van der Waals surface area contributed by atoms with Crippen LogP contribution in [0.25, 0.3) is 10.8 Å². The summed E-state index contributed by atoms with van der Waals surface area (Å²) in [6.45, 7) is 0. The molecule has 4 rings (SSSR count). The fourth-order valence-electron chi connectivity index (χ4n) is 2.91. The highest BCUT2D eigenvalue weighted by Crippen LogP contribution is 2.35. The van der Waals surface area contributed by atoms with Gasteiger partial charge >= 0.3 is 17.7 Å². The molecule has 0 radical (unpaired) electrons. The molecule has 118 valence electrons. The van der Waals surface area contributed by atoms with Gasteiger partial charge in [0.25, 0.3) is 0 Å². The van der Waals surface area contributed by atoms with Crippen LogP contribution in [0.2, 0.25) is 0 Å². The molecule has 1 heterocycles. The molecule has 1 aliphatic rings. The summed E-state index contributed by atoms with van der Waals surface area (Å²) >= 11 is 0. The largest absolute Gasteiger partial charge is 0.415 e. The summed E-state index contributed by atoms with van der Waals surface area (Å²) in [5, 5.41) is 15.1. The van der Waals surface area contributed by atoms with Crippen LogP contribution in [0.5, 0.6) is 0 Å². The number of hydrogen-bond donors (Lipinski definition) is 2. The predicted molar refractivity (Wildman–Crippen MR) is 88.3 cm³/mol. The SMILES string of the molecule is O=C1OC(O)(C(=O)Nc2cccc3ccccc23)c2ccccc21. The Bertz CT molecular complexity index is 977. The number of carbonyl (C=O) groups is 2. The highest BCUT2D eigenvalue weighted by Gasteiger charge is 2.50. The molecular weight excluding hydrogens is 306 g/mol. The van der Waals surface area contributed by atoms with Crippen LogP contribution in [0.4, 0.5) is 5.69 Å². The molecule has 5 nitrogen and oxygen atoms in total. The van der Waals surface area contributed by atoms with Crippen LogP contribution in [0.1, 0.15) is 15.9 Å². The van der Waals surface area contributed by atoms with Crippen LogP contribution in [-0.4, -0.2) is 17.0 Å². The molecule has 2 N–H and O–H groups in total. The third kappa shape index (κ3) is 2.06. The molecule has 24 heavy (non-hydrogen) atoms. The zero-order valence-corrected chi connectivity index (χ0v) is 12.5. The van der Waals surface area contributed by atoms with Gasteiger partial charge in [-0.2, -0.15) is 0 Å². The van der Waals surface area contributed by atoms with E-state index < -0.39 is 17.7 Å². The van der Waals surface area contributed by atoms with Gasteiger partial charge < -0.3 is 15.2 Å². The molecule has 3 aromatic carbocycles. The fourth-order valence-corrected chi connectivity index (χ4v) is 2.91. The van der Waals surface area contributed by atoms with Gasteiger partial charge in [0, 0.05) is 16.6 Å². The lowest BCUT2D eigenvalue weighted by Crippen LogP contribution is -2.40. The smallest absolute Gasteiger partial charge is 0.341 e. The van der Waals surface area contributed by atoms with Crippen LogP contribution in [0, 0.1) is 0 Å². The van der Waals surface area contributed by atoms with E-state index in [1.807, 2.05) is 30.3 Å². The molecule has 0 aromatic heterocycles. The van der Waals surface area contributed by atoms with Crippen molar-refractivity contribution in [1.29, 1.82) is 0 Å². The minimum Gasteiger partial charge on any atom is -0.415 e. The number of ether oxygens (including phenoxy) is 1. The van der Waals surface area contributed by atoms with Crippen LogP contribution >= 0.6 is 0 Å². The Kier molecular flexibility index (Phi) is 3.11. The quantitative estimate of drug-likeness (QED) is 0.712. The third-order valence-corrected chi connectivity index (χ3v) is 4.10. The maximum atomic E-state index is 12.7. The average molecular weight is 319 g/mol. The average Bonchev–Trinajstić information content (AvgIpc) is 2.88. The van der Waals surface area contributed by atoms with Gasteiger partial charge in [-0.15, -0.1) is 0 Å². The molecule has 0 saturated heterocycles. The number of carbonyl (C=O) groups excluding carboxylic acids is 2. The number of nitrogens with one attached hydrogen (secondary N) is 1. The monoisotopic (exact) mass is 319 g/mol. The van der Waals surface area contributed by atoms with Crippen molar-refractivity contribution < 1.29 is 19.4 Å². The molecule has 3 aromatic rings. The van der Waals surface area contributed by atoms with Crippen molar-refractivity contribution in [2.24, 2.45) is 0 Å². The number of benzene rings is 3. The highest BCUT2D eigenvalue weighted by atomic mass is 16.7. The van der Waals surface area contributed by atoms with E-state index in [9.17, 15) is 14.7 Å². The molecule has 0 aliphatic carbocycles. The molecule has 1 amide bonds. The van der Waals surface area contributed by atoms with Gasteiger partial charge in [0.1, 0.15) is 0 Å². The van der Waals surface area contributed by atoms with Crippen molar-refractivity contribution >= 4 is 28.3 Å². The van der Waals surface area contributed by atoms with E-state index >= 15 is 0 Å². The van der Waals surface area contributed by atoms with E-state index in [2.05, 4.69) is 5.32 Å². The molecule has 1 atom stereocenters. The molecule has 1 aliphatic heterocycles. The number of hydrogen-bond acceptors (Lipinski definition) is 4. The van der Waals surface area contributed by atoms with Crippen molar-refractivity contribution in [3.63, 3.8) is 0 Å². The normalized spacial score (nSPS) is 19.0. The first-order valence-electron chi connectivity index (χ1n) is 7.44. The lowest BCUT2D eigenvalue weighted by Gasteiger charge is -2.21. The van der Waals surface area contributed by atoms with E-state index in [0.29, 0.717) is 5.69 Å². The van der Waals surface area contributed by atoms with E-state index in [1.54, 1.807) is 24.3 Å². The molecule has 0 bridgehead atoms. The maximum absolute atomic E-state index is 12.7. The Morgan fingerprint density at radius 2 is 1.67 bits per heavy atom. The molecule has 0 saturated carbocycles. The van der Waals surface area contributed by atoms with Gasteiger partial charge in [-0.1, -0.05) is 54.6 Å². The number of esters is 1. The van der Waals surface area contributed by atoms with Gasteiger partial charge in [0.2, 0.25) is 0 Å². The molecule has 5 heteroatoms. The third-order valence-electron chi connectivity index (χ3n) is 4.10. The molecular formula is C19H13NO4. The Hall–Kier alpha value is -3.18. The predicted octanol–water partition coefficient (Wildman–Crippen LogP) is 2.79. The number of aliphatic hydroxyl groups is 1. The Balaban J connectivity index is 1.73. The van der Waals surface area contributed by atoms with Crippen molar-refractivity contribution in [2.75, 3.05) is 5.32 Å². The summed E-state index contributed by atoms with van der Waals surface area (Å²) < 4.78 is 4.97. The second-order valence-corrected chi connectivity index (χ2v) is 5.56. The van der Waals surface area contributed by atoms with Crippen LogP contribution in [0.3, 0.4) is 0 Å². The van der Waals surface area contributed by atoms with Gasteiger partial charge in [-0.3, -0.25) is 4.79 Å². The van der Waals surface area contributed by atoms with E-state index in [0.717, 1.165) is 10.8 Å². The van der Waals surface area contributed by atoms with Crippen molar-refractivity contribution in [2.45, 2.75) is 5.79 Å². The molecule has 0 fully saturated rings. The van der Waals surface area contributed by atoms with Crippen LogP contribution in [0.15, 0.2) is 66.7 Å². The second-order valence-electron chi connectivity index (χ2n) is 5.56. The van der Waals surface area contributed by atoms with Gasteiger partial charge in [-0.05, 0) is 17.5 Å². The van der Waals surface area contributed by atoms with Crippen LogP contribution in [-0.2, 0) is 15.3 Å². The second kappa shape index (κ2) is 5.18. The van der Waals surface area contributed by atoms with Crippen molar-refractivity contribution in [3.8, 4) is 0 Å². The summed E-state index contributed by atoms with van der Waals surface area (Å²) in [6, 6.07) is 19.3. The number of anilines is 1. The molecule has 1 unspecified atom stereocenters. The van der Waals surface area contributed by atoms with Gasteiger partial charge in [-0.25, -0.2) is 4.79 Å². The van der Waals surface area contributed by atoms with E-state index in [4.69, 9.17) is 4.74 Å². The van der Waals surface area contributed by atoms with Crippen molar-refractivity contribution in [1.82, 2.24) is 0 Å². The first-order chi connectivity index (χ1) is 11.6. The zero-order chi connectivity index (χ0) is 16.7. The van der Waals surface area contributed by atoms with Crippen molar-refractivity contribution in [3.05, 3.63) is 77.9 Å². The topological polar surface area (TPSA) is 75.6 Å². The molecule has 0 spiro atoms. The van der Waals surface area contributed by atoms with Gasteiger partial charge in [0.05, 0.1) is 5.56 Å². The minimum absolute atomic E-state index is 0.146. The number of rotatable bonds is 2. The Labute approximate surface area is 137 Å². The Morgan fingerprint density at radius 1 is 0.958 bits per heavy atom. The number of amides is 1. The van der Waals surface area contributed by atoms with E-state index in [1.165, 1.54) is 12.1 Å². The minimum atomic E-state index is -2.33.